The SMILES string of the molecule is CCCC(C)(CO)NC(CC)CC. The molecule has 1 unspecified atom stereocenters. The lowest BCUT2D eigenvalue weighted by Crippen LogP contribution is -2.50. The summed E-state index contributed by atoms with van der Waals surface area (Å²) in [7, 11) is 0. The van der Waals surface area contributed by atoms with Gasteiger partial charge in [0.15, 0.2) is 0 Å². The van der Waals surface area contributed by atoms with Gasteiger partial charge in [0.2, 0.25) is 0 Å². The number of nitrogens with one attached hydrogen (secondary N) is 1. The van der Waals surface area contributed by atoms with Crippen LogP contribution in [0.25, 0.3) is 0 Å². The molecule has 1 atom stereocenters. The third-order valence-electron chi connectivity index (χ3n) is 2.69. The van der Waals surface area contributed by atoms with Crippen molar-refractivity contribution < 1.29 is 5.11 Å². The summed E-state index contributed by atoms with van der Waals surface area (Å²) in [6.45, 7) is 8.87. The van der Waals surface area contributed by atoms with Crippen LogP contribution in [0.3, 0.4) is 0 Å². The van der Waals surface area contributed by atoms with Gasteiger partial charge in [-0.15, -0.1) is 0 Å². The van der Waals surface area contributed by atoms with Crippen LogP contribution in [0.4, 0.5) is 0 Å². The van der Waals surface area contributed by atoms with Crippen molar-refractivity contribution in [2.75, 3.05) is 6.61 Å². The van der Waals surface area contributed by atoms with Crippen LogP contribution in [0.1, 0.15) is 53.4 Å². The molecule has 0 aliphatic rings. The van der Waals surface area contributed by atoms with E-state index in [-0.39, 0.29) is 12.1 Å². The van der Waals surface area contributed by atoms with Gasteiger partial charge in [0.05, 0.1) is 6.61 Å². The molecule has 0 saturated carbocycles. The van der Waals surface area contributed by atoms with Gasteiger partial charge < -0.3 is 10.4 Å². The zero-order valence-corrected chi connectivity index (χ0v) is 9.56. The predicted octanol–water partition coefficient (Wildman–Crippen LogP) is 2.32. The minimum absolute atomic E-state index is 0.0779. The average molecular weight is 187 g/mol. The van der Waals surface area contributed by atoms with E-state index in [0.717, 1.165) is 25.7 Å². The zero-order valence-electron chi connectivity index (χ0n) is 9.56. The molecule has 2 nitrogen and oxygen atoms in total. The summed E-state index contributed by atoms with van der Waals surface area (Å²) < 4.78 is 0. The summed E-state index contributed by atoms with van der Waals surface area (Å²) >= 11 is 0. The molecule has 0 aromatic carbocycles. The smallest absolute Gasteiger partial charge is 0.0610 e. The van der Waals surface area contributed by atoms with Crippen molar-refractivity contribution in [3.63, 3.8) is 0 Å². The first-order valence-electron chi connectivity index (χ1n) is 5.50. The Bertz CT molecular complexity index is 123. The Morgan fingerprint density at radius 1 is 1.23 bits per heavy atom. The van der Waals surface area contributed by atoms with Gasteiger partial charge in [-0.3, -0.25) is 0 Å². The Labute approximate surface area is 82.7 Å². The maximum atomic E-state index is 9.29. The molecular formula is C11H25NO. The van der Waals surface area contributed by atoms with Crippen LogP contribution in [0, 0.1) is 0 Å². The van der Waals surface area contributed by atoms with Gasteiger partial charge in [-0.25, -0.2) is 0 Å². The second-order valence-electron chi connectivity index (χ2n) is 4.13. The van der Waals surface area contributed by atoms with Crippen LogP contribution in [0.2, 0.25) is 0 Å². The lowest BCUT2D eigenvalue weighted by Gasteiger charge is -2.33. The Hall–Kier alpha value is -0.0800. The van der Waals surface area contributed by atoms with E-state index in [2.05, 4.69) is 33.0 Å². The van der Waals surface area contributed by atoms with Crippen LogP contribution in [0.5, 0.6) is 0 Å². The third kappa shape index (κ3) is 4.63. The van der Waals surface area contributed by atoms with Gasteiger partial charge in [0.1, 0.15) is 0 Å². The van der Waals surface area contributed by atoms with Crippen molar-refractivity contribution in [1.29, 1.82) is 0 Å². The second-order valence-corrected chi connectivity index (χ2v) is 4.13. The molecular weight excluding hydrogens is 162 g/mol. The summed E-state index contributed by atoms with van der Waals surface area (Å²) in [6.07, 6.45) is 4.43. The van der Waals surface area contributed by atoms with Gasteiger partial charge in [-0.1, -0.05) is 27.2 Å². The topological polar surface area (TPSA) is 32.3 Å². The Morgan fingerprint density at radius 2 is 1.77 bits per heavy atom. The molecule has 0 aromatic rings. The van der Waals surface area contributed by atoms with Crippen LogP contribution < -0.4 is 5.32 Å². The van der Waals surface area contributed by atoms with Crippen molar-refractivity contribution >= 4 is 0 Å². The highest BCUT2D eigenvalue weighted by Crippen LogP contribution is 2.14. The lowest BCUT2D eigenvalue weighted by molar-refractivity contribution is 0.149. The standard InChI is InChI=1S/C11H25NO/c1-5-8-11(4,9-13)12-10(6-2)7-3/h10,12-13H,5-9H2,1-4H3. The molecule has 0 radical (unpaired) electrons. The highest BCUT2D eigenvalue weighted by Gasteiger charge is 2.23. The number of hydrogen-bond donors (Lipinski definition) is 2. The quantitative estimate of drug-likeness (QED) is 0.641. The van der Waals surface area contributed by atoms with Crippen LogP contribution >= 0.6 is 0 Å². The molecule has 0 aliphatic heterocycles. The maximum Gasteiger partial charge on any atom is 0.0610 e. The molecule has 0 bridgehead atoms. The fourth-order valence-corrected chi connectivity index (χ4v) is 1.73. The summed E-state index contributed by atoms with van der Waals surface area (Å²) in [5.74, 6) is 0. The van der Waals surface area contributed by atoms with E-state index >= 15 is 0 Å². The van der Waals surface area contributed by atoms with E-state index in [9.17, 15) is 5.11 Å². The van der Waals surface area contributed by atoms with Gasteiger partial charge in [-0.05, 0) is 26.2 Å². The fraction of sp³-hybridized carbons (Fsp3) is 1.00. The van der Waals surface area contributed by atoms with Crippen LogP contribution in [-0.4, -0.2) is 23.3 Å². The number of hydrogen-bond acceptors (Lipinski definition) is 2. The van der Waals surface area contributed by atoms with E-state index in [1.807, 2.05) is 0 Å². The summed E-state index contributed by atoms with van der Waals surface area (Å²) in [5, 5.41) is 12.8. The average Bonchev–Trinajstić information content (AvgIpc) is 2.15. The second kappa shape index (κ2) is 6.39. The molecule has 0 fully saturated rings. The monoisotopic (exact) mass is 187 g/mol. The predicted molar refractivity (Wildman–Crippen MR) is 57.9 cm³/mol. The van der Waals surface area contributed by atoms with E-state index in [1.165, 1.54) is 0 Å². The van der Waals surface area contributed by atoms with E-state index < -0.39 is 0 Å². The lowest BCUT2D eigenvalue weighted by atomic mass is 9.95. The molecule has 0 heterocycles. The van der Waals surface area contributed by atoms with Crippen molar-refractivity contribution in [1.82, 2.24) is 5.32 Å². The molecule has 0 aliphatic carbocycles. The molecule has 0 amide bonds. The van der Waals surface area contributed by atoms with E-state index in [0.29, 0.717) is 6.04 Å². The van der Waals surface area contributed by atoms with Crippen LogP contribution in [-0.2, 0) is 0 Å². The number of aliphatic hydroxyl groups is 1. The van der Waals surface area contributed by atoms with Gasteiger partial charge in [-0.2, -0.15) is 0 Å². The Balaban J connectivity index is 4.07. The molecule has 0 saturated heterocycles. The molecule has 2 N–H and O–H groups in total. The number of rotatable bonds is 7. The minimum atomic E-state index is -0.0779. The van der Waals surface area contributed by atoms with E-state index in [4.69, 9.17) is 0 Å². The maximum absolute atomic E-state index is 9.29. The number of aliphatic hydroxyl groups excluding tert-OH is 1. The third-order valence-corrected chi connectivity index (χ3v) is 2.69. The Morgan fingerprint density at radius 3 is 2.08 bits per heavy atom. The van der Waals surface area contributed by atoms with E-state index in [1.54, 1.807) is 0 Å². The molecule has 0 spiro atoms. The first kappa shape index (κ1) is 12.9. The highest BCUT2D eigenvalue weighted by molar-refractivity contribution is 4.84. The summed E-state index contributed by atoms with van der Waals surface area (Å²) in [5.41, 5.74) is -0.0779. The minimum Gasteiger partial charge on any atom is -0.394 e. The molecule has 2 heteroatoms. The van der Waals surface area contributed by atoms with Crippen molar-refractivity contribution in [3.8, 4) is 0 Å². The molecule has 0 rings (SSSR count). The van der Waals surface area contributed by atoms with Gasteiger partial charge >= 0.3 is 0 Å². The van der Waals surface area contributed by atoms with Crippen LogP contribution in [0.15, 0.2) is 0 Å². The van der Waals surface area contributed by atoms with Crippen molar-refractivity contribution in [2.45, 2.75) is 65.0 Å². The van der Waals surface area contributed by atoms with Crippen molar-refractivity contribution in [3.05, 3.63) is 0 Å². The summed E-state index contributed by atoms with van der Waals surface area (Å²) in [4.78, 5) is 0. The van der Waals surface area contributed by atoms with Gasteiger partial charge in [0.25, 0.3) is 0 Å². The molecule has 13 heavy (non-hydrogen) atoms. The molecule has 0 aromatic heterocycles. The normalized spacial score (nSPS) is 16.2. The first-order valence-corrected chi connectivity index (χ1v) is 5.50. The van der Waals surface area contributed by atoms with Gasteiger partial charge in [0, 0.05) is 11.6 Å². The summed E-state index contributed by atoms with van der Waals surface area (Å²) in [6, 6.07) is 0.545. The first-order chi connectivity index (χ1) is 6.11. The fourth-order valence-electron chi connectivity index (χ4n) is 1.73. The van der Waals surface area contributed by atoms with Crippen molar-refractivity contribution in [2.24, 2.45) is 0 Å². The molecule has 80 valence electrons. The highest BCUT2D eigenvalue weighted by atomic mass is 16.3. The Kier molecular flexibility index (Phi) is 6.35. The zero-order chi connectivity index (χ0) is 10.3. The largest absolute Gasteiger partial charge is 0.394 e.